The van der Waals surface area contributed by atoms with E-state index in [1.165, 1.54) is 50.5 Å². The number of likely N-dealkylation sites (N-methyl/N-ethyl adjacent to an activating group) is 1. The number of nitrogens with zero attached hydrogens (tertiary/aromatic N) is 2. The molecule has 0 bridgehead atoms. The molecule has 6 heteroatoms. The highest BCUT2D eigenvalue weighted by molar-refractivity contribution is 14.0. The highest BCUT2D eigenvalue weighted by Gasteiger charge is 2.38. The average molecular weight is 484 g/mol. The Hall–Kier alpha value is -1.31. The molecule has 0 unspecified atom stereocenters. The van der Waals surface area contributed by atoms with Crippen molar-refractivity contribution in [3.05, 3.63) is 35.9 Å². The van der Waals surface area contributed by atoms with Crippen LogP contribution in [0.3, 0.4) is 0 Å². The topological polar surface area (TPSA) is 56.7 Å². The molecule has 0 aliphatic heterocycles. The van der Waals surface area contributed by atoms with Crippen LogP contribution in [0.5, 0.6) is 0 Å². The second-order valence-corrected chi connectivity index (χ2v) is 7.93. The Labute approximate surface area is 180 Å². The van der Waals surface area contributed by atoms with E-state index in [1.807, 2.05) is 0 Å². The zero-order chi connectivity index (χ0) is 18.4. The number of carbonyl (C=O) groups is 1. The largest absolute Gasteiger partial charge is 0.355 e. The van der Waals surface area contributed by atoms with Crippen molar-refractivity contribution >= 4 is 35.8 Å². The van der Waals surface area contributed by atoms with Gasteiger partial charge in [-0.3, -0.25) is 4.79 Å². The molecule has 0 heterocycles. The van der Waals surface area contributed by atoms with E-state index in [1.54, 1.807) is 19.0 Å². The second kappa shape index (κ2) is 10.3. The van der Waals surface area contributed by atoms with Crippen molar-refractivity contribution in [1.82, 2.24) is 15.5 Å². The van der Waals surface area contributed by atoms with Gasteiger partial charge >= 0.3 is 0 Å². The van der Waals surface area contributed by atoms with Crippen LogP contribution < -0.4 is 10.6 Å². The lowest BCUT2D eigenvalue weighted by Gasteiger charge is -2.43. The first-order valence-electron chi connectivity index (χ1n) is 9.90. The van der Waals surface area contributed by atoms with Crippen LogP contribution in [0.4, 0.5) is 0 Å². The lowest BCUT2D eigenvalue weighted by atomic mass is 9.64. The normalized spacial score (nSPS) is 19.0. The number of nitrogens with one attached hydrogen (secondary N) is 2. The van der Waals surface area contributed by atoms with Crippen molar-refractivity contribution in [3.8, 4) is 0 Å². The summed E-state index contributed by atoms with van der Waals surface area (Å²) in [6, 6.07) is 11.3. The summed E-state index contributed by atoms with van der Waals surface area (Å²) in [5.74, 6) is 0.813. The van der Waals surface area contributed by atoms with Crippen LogP contribution in [-0.2, 0) is 10.2 Å². The molecular weight excluding hydrogens is 451 g/mol. The van der Waals surface area contributed by atoms with E-state index in [0.29, 0.717) is 6.04 Å². The second-order valence-electron chi connectivity index (χ2n) is 7.93. The lowest BCUT2D eigenvalue weighted by molar-refractivity contribution is -0.127. The number of hydrogen-bond acceptors (Lipinski definition) is 2. The highest BCUT2D eigenvalue weighted by Crippen LogP contribution is 2.43. The van der Waals surface area contributed by atoms with Crippen LogP contribution in [0, 0.1) is 0 Å². The minimum Gasteiger partial charge on any atom is -0.355 e. The summed E-state index contributed by atoms with van der Waals surface area (Å²) in [6.45, 7) is 1.05. The van der Waals surface area contributed by atoms with E-state index in [-0.39, 0.29) is 41.8 Å². The third-order valence-corrected chi connectivity index (χ3v) is 5.86. The Balaban J connectivity index is 0.00000261. The third kappa shape index (κ3) is 5.83. The van der Waals surface area contributed by atoms with Crippen molar-refractivity contribution in [2.24, 2.45) is 4.99 Å². The highest BCUT2D eigenvalue weighted by atomic mass is 127. The molecule has 0 aromatic heterocycles. The first-order valence-corrected chi connectivity index (χ1v) is 9.90. The molecule has 5 nitrogen and oxygen atoms in total. The number of amides is 1. The molecule has 2 aliphatic carbocycles. The van der Waals surface area contributed by atoms with E-state index in [2.05, 4.69) is 46.0 Å². The van der Waals surface area contributed by atoms with Crippen LogP contribution in [0.2, 0.25) is 0 Å². The van der Waals surface area contributed by atoms with Crippen LogP contribution in [-0.4, -0.2) is 50.0 Å². The Morgan fingerprint density at radius 3 is 2.37 bits per heavy atom. The molecule has 2 fully saturated rings. The molecule has 0 saturated heterocycles. The summed E-state index contributed by atoms with van der Waals surface area (Å²) in [4.78, 5) is 18.1. The molecule has 0 atom stereocenters. The molecule has 2 N–H and O–H groups in total. The SMILES string of the molecule is CN(C)C(=O)CN=C(NCC1(c2ccccc2)CCC1)NC1CCCC1.I. The monoisotopic (exact) mass is 484 g/mol. The number of rotatable bonds is 6. The minimum absolute atomic E-state index is 0. The van der Waals surface area contributed by atoms with Crippen LogP contribution in [0.15, 0.2) is 35.3 Å². The Morgan fingerprint density at radius 2 is 1.81 bits per heavy atom. The number of hydrogen-bond donors (Lipinski definition) is 2. The molecule has 3 rings (SSSR count). The number of halogens is 1. The number of carbonyl (C=O) groups excluding carboxylic acids is 1. The molecule has 1 aromatic rings. The minimum atomic E-state index is 0. The average Bonchev–Trinajstić information content (AvgIpc) is 3.12. The molecule has 2 saturated carbocycles. The molecule has 27 heavy (non-hydrogen) atoms. The fourth-order valence-electron chi connectivity index (χ4n) is 3.92. The Bertz CT molecular complexity index is 622. The van der Waals surface area contributed by atoms with Crippen LogP contribution in [0.1, 0.15) is 50.5 Å². The van der Waals surface area contributed by atoms with Gasteiger partial charge in [-0.2, -0.15) is 0 Å². The zero-order valence-electron chi connectivity index (χ0n) is 16.5. The smallest absolute Gasteiger partial charge is 0.243 e. The predicted octanol–water partition coefficient (Wildman–Crippen LogP) is 3.29. The number of benzene rings is 1. The van der Waals surface area contributed by atoms with E-state index >= 15 is 0 Å². The Morgan fingerprint density at radius 1 is 1.15 bits per heavy atom. The molecular formula is C21H33IN4O. The summed E-state index contributed by atoms with van der Waals surface area (Å²) in [7, 11) is 3.54. The van der Waals surface area contributed by atoms with Gasteiger partial charge in [-0.15, -0.1) is 24.0 Å². The van der Waals surface area contributed by atoms with E-state index < -0.39 is 0 Å². The molecule has 1 amide bonds. The van der Waals surface area contributed by atoms with Crippen molar-refractivity contribution in [2.45, 2.75) is 56.4 Å². The van der Waals surface area contributed by atoms with Gasteiger partial charge in [0.1, 0.15) is 6.54 Å². The van der Waals surface area contributed by atoms with Gasteiger partial charge in [-0.1, -0.05) is 49.6 Å². The summed E-state index contributed by atoms with van der Waals surface area (Å²) in [5.41, 5.74) is 1.61. The van der Waals surface area contributed by atoms with E-state index in [4.69, 9.17) is 0 Å². The summed E-state index contributed by atoms with van der Waals surface area (Å²) >= 11 is 0. The van der Waals surface area contributed by atoms with Crippen LogP contribution >= 0.6 is 24.0 Å². The quantitative estimate of drug-likeness (QED) is 0.370. The van der Waals surface area contributed by atoms with Gasteiger partial charge in [-0.25, -0.2) is 4.99 Å². The first kappa shape index (κ1) is 22.0. The summed E-state index contributed by atoms with van der Waals surface area (Å²) in [6.07, 6.45) is 8.61. The van der Waals surface area contributed by atoms with Gasteiger partial charge in [0, 0.05) is 32.1 Å². The predicted molar refractivity (Wildman–Crippen MR) is 122 cm³/mol. The third-order valence-electron chi connectivity index (χ3n) is 5.86. The zero-order valence-corrected chi connectivity index (χ0v) is 18.9. The van der Waals surface area contributed by atoms with Gasteiger partial charge in [-0.05, 0) is 31.2 Å². The van der Waals surface area contributed by atoms with Crippen molar-refractivity contribution < 1.29 is 4.79 Å². The van der Waals surface area contributed by atoms with Gasteiger partial charge < -0.3 is 15.5 Å². The lowest BCUT2D eigenvalue weighted by Crippen LogP contribution is -2.50. The molecule has 0 spiro atoms. The molecule has 1 aromatic carbocycles. The maximum absolute atomic E-state index is 11.9. The molecule has 2 aliphatic rings. The maximum atomic E-state index is 11.9. The van der Waals surface area contributed by atoms with Crippen molar-refractivity contribution in [1.29, 1.82) is 0 Å². The van der Waals surface area contributed by atoms with Crippen LogP contribution in [0.25, 0.3) is 0 Å². The van der Waals surface area contributed by atoms with Gasteiger partial charge in [0.25, 0.3) is 0 Å². The van der Waals surface area contributed by atoms with Gasteiger partial charge in [0.2, 0.25) is 5.91 Å². The van der Waals surface area contributed by atoms with E-state index in [9.17, 15) is 4.79 Å². The fourth-order valence-corrected chi connectivity index (χ4v) is 3.92. The fraction of sp³-hybridized carbons (Fsp3) is 0.619. The first-order chi connectivity index (χ1) is 12.6. The standard InChI is InChI=1S/C21H32N4O.HI/c1-25(2)19(26)15-22-20(24-18-11-6-7-12-18)23-16-21(13-8-14-21)17-9-4-3-5-10-17;/h3-5,9-10,18H,6-8,11-16H2,1-2H3,(H2,22,23,24);1H. The van der Waals surface area contributed by atoms with Gasteiger partial charge in [0.15, 0.2) is 5.96 Å². The van der Waals surface area contributed by atoms with Crippen molar-refractivity contribution in [3.63, 3.8) is 0 Å². The van der Waals surface area contributed by atoms with E-state index in [0.717, 1.165) is 12.5 Å². The molecule has 0 radical (unpaired) electrons. The maximum Gasteiger partial charge on any atom is 0.243 e. The summed E-state index contributed by atoms with van der Waals surface area (Å²) < 4.78 is 0. The molecule has 150 valence electrons. The van der Waals surface area contributed by atoms with Gasteiger partial charge in [0.05, 0.1) is 0 Å². The van der Waals surface area contributed by atoms with Crippen molar-refractivity contribution in [2.75, 3.05) is 27.2 Å². The number of guanidine groups is 1. The Kier molecular flexibility index (Phi) is 8.38. The summed E-state index contributed by atoms with van der Waals surface area (Å²) in [5, 5.41) is 7.10. The number of aliphatic imine (C=N–C) groups is 1.